The summed E-state index contributed by atoms with van der Waals surface area (Å²) in [4.78, 5) is 20.9. The highest BCUT2D eigenvalue weighted by atomic mass is 32.1. The van der Waals surface area contributed by atoms with Gasteiger partial charge in [0.2, 0.25) is 0 Å². The highest BCUT2D eigenvalue weighted by molar-refractivity contribution is 7.09. The molecule has 2 aromatic heterocycles. The van der Waals surface area contributed by atoms with E-state index >= 15 is 0 Å². The highest BCUT2D eigenvalue weighted by Gasteiger charge is 2.27. The number of nitrogens with zero attached hydrogens (tertiary/aromatic N) is 3. The van der Waals surface area contributed by atoms with Crippen LogP contribution in [0.1, 0.15) is 59.9 Å². The molecule has 7 heteroatoms. The number of hydrogen-bond donors (Lipinski definition) is 1. The SMILES string of the molecule is CC(C)c1nc(C(=O)N[C@@H]2CCO[C@H](c3cncn3C)C2)cs1. The van der Waals surface area contributed by atoms with E-state index in [-0.39, 0.29) is 18.1 Å². The van der Waals surface area contributed by atoms with E-state index in [4.69, 9.17) is 4.74 Å². The molecule has 0 spiro atoms. The number of ether oxygens (including phenoxy) is 1. The number of imidazole rings is 1. The van der Waals surface area contributed by atoms with Gasteiger partial charge in [-0.25, -0.2) is 9.97 Å². The molecule has 0 aromatic carbocycles. The smallest absolute Gasteiger partial charge is 0.270 e. The molecule has 1 N–H and O–H groups in total. The van der Waals surface area contributed by atoms with Gasteiger partial charge in [0.25, 0.3) is 5.91 Å². The maximum absolute atomic E-state index is 12.4. The third-order valence-corrected chi connectivity index (χ3v) is 5.20. The van der Waals surface area contributed by atoms with E-state index in [0.717, 1.165) is 23.5 Å². The average Bonchev–Trinajstić information content (AvgIpc) is 3.16. The quantitative estimate of drug-likeness (QED) is 0.933. The molecule has 0 radical (unpaired) electrons. The van der Waals surface area contributed by atoms with Gasteiger partial charge in [-0.1, -0.05) is 13.8 Å². The molecule has 1 aliphatic rings. The summed E-state index contributed by atoms with van der Waals surface area (Å²) in [5.41, 5.74) is 1.56. The molecular weight excluding hydrogens is 312 g/mol. The van der Waals surface area contributed by atoms with Crippen molar-refractivity contribution < 1.29 is 9.53 Å². The first-order valence-electron chi connectivity index (χ1n) is 7.88. The first-order valence-corrected chi connectivity index (χ1v) is 8.76. The normalized spacial score (nSPS) is 21.6. The van der Waals surface area contributed by atoms with Crippen LogP contribution in [0.4, 0.5) is 0 Å². The van der Waals surface area contributed by atoms with Gasteiger partial charge in [-0.3, -0.25) is 4.79 Å². The minimum absolute atomic E-state index is 0.0248. The molecule has 6 nitrogen and oxygen atoms in total. The summed E-state index contributed by atoms with van der Waals surface area (Å²) >= 11 is 1.54. The van der Waals surface area contributed by atoms with Gasteiger partial charge in [0, 0.05) is 31.0 Å². The molecule has 1 fully saturated rings. The van der Waals surface area contributed by atoms with E-state index in [2.05, 4.69) is 29.1 Å². The van der Waals surface area contributed by atoms with Crippen LogP contribution in [-0.2, 0) is 11.8 Å². The standard InChI is InChI=1S/C16H22N4O2S/c1-10(2)16-19-12(8-23-16)15(21)18-11-4-5-22-14(6-11)13-7-17-9-20(13)3/h7-11,14H,4-6H2,1-3H3,(H,18,21)/t11-,14+/m1/s1. The molecule has 124 valence electrons. The van der Waals surface area contributed by atoms with Gasteiger partial charge < -0.3 is 14.6 Å². The predicted molar refractivity (Wildman–Crippen MR) is 88.6 cm³/mol. The second-order valence-electron chi connectivity index (χ2n) is 6.21. The Morgan fingerprint density at radius 3 is 3.00 bits per heavy atom. The van der Waals surface area contributed by atoms with Crippen LogP contribution >= 0.6 is 11.3 Å². The molecule has 0 saturated carbocycles. The molecular formula is C16H22N4O2S. The molecule has 3 heterocycles. The molecule has 1 aliphatic heterocycles. The van der Waals surface area contributed by atoms with Crippen molar-refractivity contribution in [1.29, 1.82) is 0 Å². The summed E-state index contributed by atoms with van der Waals surface area (Å²) in [6.45, 7) is 4.80. The van der Waals surface area contributed by atoms with Gasteiger partial charge in [0.1, 0.15) is 11.8 Å². The lowest BCUT2D eigenvalue weighted by Gasteiger charge is -2.30. The van der Waals surface area contributed by atoms with Crippen molar-refractivity contribution in [2.24, 2.45) is 7.05 Å². The number of amides is 1. The summed E-state index contributed by atoms with van der Waals surface area (Å²) in [6.07, 6.45) is 5.14. The maximum atomic E-state index is 12.4. The Kier molecular flexibility index (Phi) is 4.77. The highest BCUT2D eigenvalue weighted by Crippen LogP contribution is 2.28. The van der Waals surface area contributed by atoms with Gasteiger partial charge in [0.15, 0.2) is 0 Å². The first kappa shape index (κ1) is 16.1. The van der Waals surface area contributed by atoms with Crippen molar-refractivity contribution in [2.75, 3.05) is 6.61 Å². The number of aryl methyl sites for hydroxylation is 1. The third kappa shape index (κ3) is 3.61. The monoisotopic (exact) mass is 334 g/mol. The van der Waals surface area contributed by atoms with Crippen LogP contribution in [0, 0.1) is 0 Å². The maximum Gasteiger partial charge on any atom is 0.270 e. The zero-order valence-corrected chi connectivity index (χ0v) is 14.5. The molecule has 2 aromatic rings. The van der Waals surface area contributed by atoms with Gasteiger partial charge in [-0.05, 0) is 12.8 Å². The summed E-state index contributed by atoms with van der Waals surface area (Å²) < 4.78 is 7.79. The van der Waals surface area contributed by atoms with Crippen LogP contribution in [-0.4, -0.2) is 33.1 Å². The number of hydrogen-bond acceptors (Lipinski definition) is 5. The summed E-state index contributed by atoms with van der Waals surface area (Å²) in [6, 6.07) is 0.0975. The van der Waals surface area contributed by atoms with Crippen molar-refractivity contribution in [3.63, 3.8) is 0 Å². The van der Waals surface area contributed by atoms with E-state index < -0.39 is 0 Å². The van der Waals surface area contributed by atoms with Crippen molar-refractivity contribution in [3.05, 3.63) is 34.3 Å². The Labute approximate surface area is 139 Å². The van der Waals surface area contributed by atoms with Gasteiger partial charge in [-0.2, -0.15) is 0 Å². The molecule has 1 saturated heterocycles. The molecule has 0 unspecified atom stereocenters. The summed E-state index contributed by atoms with van der Waals surface area (Å²) in [5, 5.41) is 5.93. The zero-order chi connectivity index (χ0) is 16.4. The van der Waals surface area contributed by atoms with Crippen LogP contribution in [0.2, 0.25) is 0 Å². The van der Waals surface area contributed by atoms with Crippen LogP contribution in [0.25, 0.3) is 0 Å². The van der Waals surface area contributed by atoms with Crippen molar-refractivity contribution >= 4 is 17.2 Å². The molecule has 0 bridgehead atoms. The van der Waals surface area contributed by atoms with Gasteiger partial charge in [-0.15, -0.1) is 11.3 Å². The van der Waals surface area contributed by atoms with E-state index in [1.165, 1.54) is 0 Å². The molecule has 0 aliphatic carbocycles. The minimum atomic E-state index is -0.0937. The largest absolute Gasteiger partial charge is 0.372 e. The lowest BCUT2D eigenvalue weighted by atomic mass is 10.0. The topological polar surface area (TPSA) is 69.0 Å². The van der Waals surface area contributed by atoms with Crippen molar-refractivity contribution in [2.45, 2.75) is 44.8 Å². The third-order valence-electron chi connectivity index (χ3n) is 4.05. The molecule has 23 heavy (non-hydrogen) atoms. The Bertz CT molecular complexity index is 679. The fourth-order valence-corrected chi connectivity index (χ4v) is 3.54. The van der Waals surface area contributed by atoms with E-state index in [1.807, 2.05) is 23.2 Å². The van der Waals surface area contributed by atoms with Crippen LogP contribution in [0.15, 0.2) is 17.9 Å². The number of carbonyl (C=O) groups is 1. The van der Waals surface area contributed by atoms with Gasteiger partial charge >= 0.3 is 0 Å². The Morgan fingerprint density at radius 1 is 1.52 bits per heavy atom. The van der Waals surface area contributed by atoms with Gasteiger partial charge in [0.05, 0.1) is 23.2 Å². The van der Waals surface area contributed by atoms with E-state index in [1.54, 1.807) is 17.7 Å². The first-order chi connectivity index (χ1) is 11.0. The summed E-state index contributed by atoms with van der Waals surface area (Å²) in [5.74, 6) is 0.252. The second-order valence-corrected chi connectivity index (χ2v) is 7.10. The fraction of sp³-hybridized carbons (Fsp3) is 0.562. The molecule has 2 atom stereocenters. The fourth-order valence-electron chi connectivity index (χ4n) is 2.73. The molecule has 3 rings (SSSR count). The van der Waals surface area contributed by atoms with Crippen LogP contribution < -0.4 is 5.32 Å². The molecule has 1 amide bonds. The van der Waals surface area contributed by atoms with E-state index in [0.29, 0.717) is 18.2 Å². The number of carbonyl (C=O) groups excluding carboxylic acids is 1. The Morgan fingerprint density at radius 2 is 2.35 bits per heavy atom. The van der Waals surface area contributed by atoms with Crippen LogP contribution in [0.5, 0.6) is 0 Å². The summed E-state index contributed by atoms with van der Waals surface area (Å²) in [7, 11) is 1.95. The lowest BCUT2D eigenvalue weighted by Crippen LogP contribution is -2.40. The van der Waals surface area contributed by atoms with Crippen molar-refractivity contribution in [1.82, 2.24) is 19.9 Å². The zero-order valence-electron chi connectivity index (χ0n) is 13.7. The van der Waals surface area contributed by atoms with E-state index in [9.17, 15) is 4.79 Å². The average molecular weight is 334 g/mol. The van der Waals surface area contributed by atoms with Crippen molar-refractivity contribution in [3.8, 4) is 0 Å². The Balaban J connectivity index is 1.63. The number of rotatable bonds is 4. The number of aromatic nitrogens is 3. The van der Waals surface area contributed by atoms with Crippen LogP contribution in [0.3, 0.4) is 0 Å². The number of nitrogens with one attached hydrogen (secondary N) is 1. The lowest BCUT2D eigenvalue weighted by molar-refractivity contribution is -0.00304. The minimum Gasteiger partial charge on any atom is -0.372 e. The number of thiazole rings is 1. The Hall–Kier alpha value is -1.73. The predicted octanol–water partition coefficient (Wildman–Crippen LogP) is 2.65. The second kappa shape index (κ2) is 6.80.